The average molecular weight is 415 g/mol. The van der Waals surface area contributed by atoms with Crippen LogP contribution in [0.3, 0.4) is 0 Å². The lowest BCUT2D eigenvalue weighted by Crippen LogP contribution is -2.25. The number of amides is 1. The Balaban J connectivity index is 2.31. The Labute approximate surface area is 159 Å². The van der Waals surface area contributed by atoms with Crippen LogP contribution in [0.2, 0.25) is 5.02 Å². The molecule has 1 unspecified atom stereocenters. The highest BCUT2D eigenvalue weighted by Gasteiger charge is 2.24. The predicted octanol–water partition coefficient (Wildman–Crippen LogP) is 4.16. The minimum absolute atomic E-state index is 0.118. The van der Waals surface area contributed by atoms with Gasteiger partial charge in [0.25, 0.3) is 5.91 Å². The van der Waals surface area contributed by atoms with Crippen molar-refractivity contribution in [1.29, 1.82) is 0 Å². The number of carboxylic acids is 1. The molecule has 0 bridgehead atoms. The van der Waals surface area contributed by atoms with Gasteiger partial charge >= 0.3 is 5.97 Å². The van der Waals surface area contributed by atoms with Gasteiger partial charge in [0.2, 0.25) is 0 Å². The summed E-state index contributed by atoms with van der Waals surface area (Å²) in [4.78, 5) is 27.4. The normalized spacial score (nSPS) is 13.1. The summed E-state index contributed by atoms with van der Waals surface area (Å²) in [5.41, 5.74) is -0.101. The van der Waals surface area contributed by atoms with Crippen LogP contribution in [-0.4, -0.2) is 21.6 Å². The van der Waals surface area contributed by atoms with Crippen LogP contribution in [0.5, 0.6) is 0 Å². The second kappa shape index (κ2) is 7.16. The zero-order chi connectivity index (χ0) is 19.9. The fourth-order valence-electron chi connectivity index (χ4n) is 2.42. The summed E-state index contributed by atoms with van der Waals surface area (Å²) >= 11 is 6.37. The largest absolute Gasteiger partial charge is 0.480 e. The van der Waals surface area contributed by atoms with Gasteiger partial charge in [-0.2, -0.15) is 4.99 Å². The highest BCUT2D eigenvalue weighted by atomic mass is 35.5. The van der Waals surface area contributed by atoms with Crippen LogP contribution in [0.25, 0.3) is 10.2 Å². The molecule has 5 nitrogen and oxygen atoms in total. The first-order valence-electron chi connectivity index (χ1n) is 7.46. The van der Waals surface area contributed by atoms with Gasteiger partial charge < -0.3 is 9.67 Å². The van der Waals surface area contributed by atoms with Crippen molar-refractivity contribution >= 4 is 45.0 Å². The Morgan fingerprint density at radius 1 is 1.22 bits per heavy atom. The van der Waals surface area contributed by atoms with Crippen LogP contribution in [0, 0.1) is 17.5 Å². The highest BCUT2D eigenvalue weighted by molar-refractivity contribution is 7.16. The van der Waals surface area contributed by atoms with Crippen LogP contribution in [0.1, 0.15) is 23.3 Å². The highest BCUT2D eigenvalue weighted by Crippen LogP contribution is 2.27. The number of carbonyl (C=O) groups is 2. The standard InChI is InChI=1S/C17H10ClF3N2O3S/c1-7(16(25)26)23-11-6-10(19)12(20)13(21)14(11)27-17(23)22-15(24)8-3-2-4-9(18)5-8/h2-7H,1H3,(H,25,26). The predicted molar refractivity (Wildman–Crippen MR) is 93.4 cm³/mol. The van der Waals surface area contributed by atoms with Crippen molar-refractivity contribution in [3.63, 3.8) is 0 Å². The molecule has 0 aliphatic carbocycles. The summed E-state index contributed by atoms with van der Waals surface area (Å²) < 4.78 is 41.9. The number of halogens is 4. The molecule has 0 saturated carbocycles. The Morgan fingerprint density at radius 3 is 2.56 bits per heavy atom. The van der Waals surface area contributed by atoms with Gasteiger partial charge in [-0.1, -0.05) is 29.0 Å². The van der Waals surface area contributed by atoms with E-state index in [2.05, 4.69) is 4.99 Å². The third-order valence-corrected chi connectivity index (χ3v) is 5.07. The Hall–Kier alpha value is -2.65. The SMILES string of the molecule is CC(C(=O)O)n1c(=NC(=O)c2cccc(Cl)c2)sc2c(F)c(F)c(F)cc21. The smallest absolute Gasteiger partial charge is 0.326 e. The average Bonchev–Trinajstić information content (AvgIpc) is 2.96. The topological polar surface area (TPSA) is 71.7 Å². The summed E-state index contributed by atoms with van der Waals surface area (Å²) in [5, 5.41) is 9.58. The van der Waals surface area contributed by atoms with Crippen molar-refractivity contribution in [3.8, 4) is 0 Å². The quantitative estimate of drug-likeness (QED) is 0.654. The van der Waals surface area contributed by atoms with Crippen molar-refractivity contribution in [2.75, 3.05) is 0 Å². The van der Waals surface area contributed by atoms with Crippen molar-refractivity contribution in [2.45, 2.75) is 13.0 Å². The van der Waals surface area contributed by atoms with E-state index in [1.165, 1.54) is 25.1 Å². The molecule has 1 N–H and O–H groups in total. The van der Waals surface area contributed by atoms with E-state index in [1.807, 2.05) is 0 Å². The Morgan fingerprint density at radius 2 is 1.93 bits per heavy atom. The molecule has 1 heterocycles. The van der Waals surface area contributed by atoms with Crippen molar-refractivity contribution < 1.29 is 27.9 Å². The second-order valence-corrected chi connectivity index (χ2v) is 6.94. The fourth-order valence-corrected chi connectivity index (χ4v) is 3.72. The van der Waals surface area contributed by atoms with Gasteiger partial charge in [0.05, 0.1) is 10.2 Å². The molecule has 0 aliphatic heterocycles. The molecule has 0 saturated heterocycles. The molecule has 1 atom stereocenters. The molecule has 10 heteroatoms. The third-order valence-electron chi connectivity index (χ3n) is 3.77. The molecule has 3 aromatic rings. The van der Waals surface area contributed by atoms with Crippen LogP contribution in [0.4, 0.5) is 13.2 Å². The lowest BCUT2D eigenvalue weighted by atomic mass is 10.2. The number of fused-ring (bicyclic) bond motifs is 1. The zero-order valence-corrected chi connectivity index (χ0v) is 15.1. The second-order valence-electron chi connectivity index (χ2n) is 5.53. The van der Waals surface area contributed by atoms with Crippen molar-refractivity contribution in [3.05, 3.63) is 63.2 Å². The summed E-state index contributed by atoms with van der Waals surface area (Å²) in [7, 11) is 0. The summed E-state index contributed by atoms with van der Waals surface area (Å²) in [6.45, 7) is 1.25. The lowest BCUT2D eigenvalue weighted by molar-refractivity contribution is -0.140. The van der Waals surface area contributed by atoms with Gasteiger partial charge in [0, 0.05) is 16.7 Å². The first-order valence-corrected chi connectivity index (χ1v) is 8.66. The maximum atomic E-state index is 14.1. The maximum absolute atomic E-state index is 14.1. The molecule has 0 fully saturated rings. The van der Waals surface area contributed by atoms with Crippen LogP contribution in [-0.2, 0) is 4.79 Å². The number of benzene rings is 2. The molecule has 0 radical (unpaired) electrons. The van der Waals surface area contributed by atoms with Crippen LogP contribution < -0.4 is 4.80 Å². The number of hydrogen-bond acceptors (Lipinski definition) is 3. The summed E-state index contributed by atoms with van der Waals surface area (Å²) in [6.07, 6.45) is 0. The van der Waals surface area contributed by atoms with Gasteiger partial charge in [-0.05, 0) is 25.1 Å². The number of hydrogen-bond donors (Lipinski definition) is 1. The Kier molecular flexibility index (Phi) is 5.07. The van der Waals surface area contributed by atoms with E-state index in [0.29, 0.717) is 17.4 Å². The fraction of sp³-hybridized carbons (Fsp3) is 0.118. The van der Waals surface area contributed by atoms with Gasteiger partial charge in [0.1, 0.15) is 6.04 Å². The molecule has 27 heavy (non-hydrogen) atoms. The first-order chi connectivity index (χ1) is 12.7. The number of carbonyl (C=O) groups excluding carboxylic acids is 1. The van der Waals surface area contributed by atoms with E-state index in [-0.39, 0.29) is 25.6 Å². The molecule has 0 aliphatic rings. The zero-order valence-electron chi connectivity index (χ0n) is 13.5. The molecule has 0 spiro atoms. The minimum Gasteiger partial charge on any atom is -0.480 e. The van der Waals surface area contributed by atoms with Crippen LogP contribution >= 0.6 is 22.9 Å². The monoisotopic (exact) mass is 414 g/mol. The number of aromatic nitrogens is 1. The van der Waals surface area contributed by atoms with E-state index in [0.717, 1.165) is 4.57 Å². The molecule has 2 aromatic carbocycles. The van der Waals surface area contributed by atoms with Crippen molar-refractivity contribution in [2.24, 2.45) is 4.99 Å². The van der Waals surface area contributed by atoms with Crippen molar-refractivity contribution in [1.82, 2.24) is 4.57 Å². The molecule has 140 valence electrons. The van der Waals surface area contributed by atoms with Gasteiger partial charge in [-0.15, -0.1) is 0 Å². The minimum atomic E-state index is -1.69. The number of rotatable bonds is 3. The first kappa shape index (κ1) is 19.1. The van der Waals surface area contributed by atoms with E-state index in [1.54, 1.807) is 6.07 Å². The van der Waals surface area contributed by atoms with E-state index in [9.17, 15) is 27.9 Å². The van der Waals surface area contributed by atoms with E-state index in [4.69, 9.17) is 11.6 Å². The molecular formula is C17H10ClF3N2O3S. The number of thiazole rings is 1. The summed E-state index contributed by atoms with van der Waals surface area (Å²) in [6, 6.07) is 5.22. The number of nitrogens with zero attached hydrogens (tertiary/aromatic N) is 2. The van der Waals surface area contributed by atoms with E-state index >= 15 is 0 Å². The molecular weight excluding hydrogens is 405 g/mol. The maximum Gasteiger partial charge on any atom is 0.326 e. The number of aliphatic carboxylic acids is 1. The van der Waals surface area contributed by atoms with Gasteiger partial charge in [-0.25, -0.2) is 18.0 Å². The number of carboxylic acid groups (broad SMARTS) is 1. The van der Waals surface area contributed by atoms with Gasteiger partial charge in [0.15, 0.2) is 22.3 Å². The summed E-state index contributed by atoms with van der Waals surface area (Å²) in [5.74, 6) is -6.73. The lowest BCUT2D eigenvalue weighted by Gasteiger charge is -2.10. The Bertz CT molecular complexity index is 1160. The molecule has 3 rings (SSSR count). The van der Waals surface area contributed by atoms with Gasteiger partial charge in [-0.3, -0.25) is 4.79 Å². The third kappa shape index (κ3) is 3.47. The molecule has 1 aromatic heterocycles. The molecule has 1 amide bonds. The van der Waals surface area contributed by atoms with E-state index < -0.39 is 35.4 Å². The van der Waals surface area contributed by atoms with Crippen LogP contribution in [0.15, 0.2) is 35.3 Å².